The molecule has 0 unspecified atom stereocenters. The summed E-state index contributed by atoms with van der Waals surface area (Å²) in [5, 5.41) is 4.25. The predicted octanol–water partition coefficient (Wildman–Crippen LogP) is 1.83. The minimum atomic E-state index is -1.71. The average Bonchev–Trinajstić information content (AvgIpc) is 2.74. The summed E-state index contributed by atoms with van der Waals surface area (Å²) in [4.78, 5) is 48.3. The summed E-state index contributed by atoms with van der Waals surface area (Å²) < 4.78 is 21.3. The van der Waals surface area contributed by atoms with E-state index in [2.05, 4.69) is 20.6 Å². The molecule has 11 heteroatoms. The Kier molecular flexibility index (Phi) is 4.68. The highest BCUT2D eigenvalue weighted by atomic mass is 35.5. The molecular weight excluding hydrogens is 441 g/mol. The number of halogens is 2. The largest absolute Gasteiger partial charge is 0.372 e. The molecule has 166 valence electrons. The molecule has 1 spiro atoms. The summed E-state index contributed by atoms with van der Waals surface area (Å²) in [6.45, 7) is 3.82. The number of carbonyl (C=O) groups excluding carboxylic acids is 3. The van der Waals surface area contributed by atoms with E-state index in [1.165, 1.54) is 6.20 Å². The van der Waals surface area contributed by atoms with Crippen LogP contribution in [-0.4, -0.2) is 52.6 Å². The van der Waals surface area contributed by atoms with Crippen LogP contribution in [0.1, 0.15) is 19.5 Å². The number of imide groups is 2. The number of hydrogen-bond donors (Lipinski definition) is 2. The summed E-state index contributed by atoms with van der Waals surface area (Å²) in [6.07, 6.45) is 1.95. The van der Waals surface area contributed by atoms with Crippen LogP contribution in [0.3, 0.4) is 0 Å². The van der Waals surface area contributed by atoms with Crippen molar-refractivity contribution < 1.29 is 23.5 Å². The van der Waals surface area contributed by atoms with Crippen LogP contribution >= 0.6 is 11.6 Å². The third-order valence-corrected chi connectivity index (χ3v) is 6.59. The lowest BCUT2D eigenvalue weighted by Crippen LogP contribution is -2.75. The van der Waals surface area contributed by atoms with Crippen LogP contribution in [0, 0.1) is 11.2 Å². The van der Waals surface area contributed by atoms with Gasteiger partial charge < -0.3 is 9.64 Å². The number of rotatable bonds is 1. The summed E-state index contributed by atoms with van der Waals surface area (Å²) in [7, 11) is 0. The van der Waals surface area contributed by atoms with E-state index in [0.717, 1.165) is 0 Å². The third-order valence-electron chi connectivity index (χ3n) is 6.25. The smallest absolute Gasteiger partial charge is 0.328 e. The van der Waals surface area contributed by atoms with Crippen molar-refractivity contribution in [1.82, 2.24) is 20.6 Å². The van der Waals surface area contributed by atoms with Crippen molar-refractivity contribution in [1.29, 1.82) is 0 Å². The molecule has 0 saturated carbocycles. The molecule has 3 aliphatic heterocycles. The molecule has 9 nitrogen and oxygen atoms in total. The molecular formula is C21H19ClFN5O4. The quantitative estimate of drug-likeness (QED) is 0.625. The molecule has 4 amide bonds. The van der Waals surface area contributed by atoms with Gasteiger partial charge in [0.05, 0.1) is 29.6 Å². The summed E-state index contributed by atoms with van der Waals surface area (Å²) >= 11 is 6.53. The molecule has 3 aliphatic rings. The second-order valence-corrected chi connectivity index (χ2v) is 8.64. The number of hydrogen-bond acceptors (Lipinski definition) is 7. The molecule has 0 aromatic carbocycles. The van der Waals surface area contributed by atoms with E-state index in [-0.39, 0.29) is 35.5 Å². The van der Waals surface area contributed by atoms with Crippen molar-refractivity contribution in [3.63, 3.8) is 0 Å². The average molecular weight is 460 g/mol. The van der Waals surface area contributed by atoms with Gasteiger partial charge in [-0.15, -0.1) is 0 Å². The first-order valence-electron chi connectivity index (χ1n) is 10.1. The van der Waals surface area contributed by atoms with Crippen LogP contribution in [0.5, 0.6) is 0 Å². The molecule has 2 saturated heterocycles. The zero-order valence-corrected chi connectivity index (χ0v) is 17.9. The van der Waals surface area contributed by atoms with Crippen molar-refractivity contribution in [2.24, 2.45) is 5.41 Å². The van der Waals surface area contributed by atoms with E-state index in [1.54, 1.807) is 30.2 Å². The highest BCUT2D eigenvalue weighted by Crippen LogP contribution is 2.49. The van der Waals surface area contributed by atoms with Gasteiger partial charge in [-0.25, -0.2) is 14.2 Å². The Hall–Kier alpha value is -3.11. The van der Waals surface area contributed by atoms with Crippen LogP contribution < -0.4 is 15.5 Å². The van der Waals surface area contributed by atoms with E-state index < -0.39 is 41.2 Å². The number of carbonyl (C=O) groups is 3. The number of urea groups is 1. The van der Waals surface area contributed by atoms with Gasteiger partial charge in [-0.2, -0.15) is 0 Å². The highest BCUT2D eigenvalue weighted by molar-refractivity contribution is 6.34. The van der Waals surface area contributed by atoms with Gasteiger partial charge in [-0.1, -0.05) is 11.6 Å². The molecule has 2 N–H and O–H groups in total. The summed E-state index contributed by atoms with van der Waals surface area (Å²) in [6, 6.07) is 1.57. The number of barbiturate groups is 1. The SMILES string of the molecule is C[C@@H]1CN2c3c(nc(-c4cccnc4)c(F)c3Cl)CC3(C(=O)NC(=O)NC3=O)[C@@H]2[C@H](C)O1. The maximum Gasteiger partial charge on any atom is 0.328 e. The first-order valence-corrected chi connectivity index (χ1v) is 10.5. The Morgan fingerprint density at radius 2 is 1.97 bits per heavy atom. The van der Waals surface area contributed by atoms with E-state index in [4.69, 9.17) is 16.3 Å². The molecule has 2 fully saturated rings. The second-order valence-electron chi connectivity index (χ2n) is 8.26. The number of nitrogens with zero attached hydrogens (tertiary/aromatic N) is 3. The Morgan fingerprint density at radius 1 is 1.25 bits per heavy atom. The van der Waals surface area contributed by atoms with E-state index in [9.17, 15) is 14.4 Å². The Labute approximate surface area is 187 Å². The van der Waals surface area contributed by atoms with Crippen molar-refractivity contribution in [3.8, 4) is 11.3 Å². The maximum absolute atomic E-state index is 15.4. The van der Waals surface area contributed by atoms with E-state index in [1.807, 2.05) is 6.92 Å². The fourth-order valence-electron chi connectivity index (χ4n) is 5.07. The molecule has 0 radical (unpaired) electrons. The molecule has 0 bridgehead atoms. The third kappa shape index (κ3) is 2.82. The number of anilines is 1. The van der Waals surface area contributed by atoms with Gasteiger partial charge in [0.15, 0.2) is 11.2 Å². The normalized spacial score (nSPS) is 26.3. The number of aromatic nitrogens is 2. The molecule has 2 aromatic heterocycles. The molecule has 5 rings (SSSR count). The van der Waals surface area contributed by atoms with E-state index >= 15 is 4.39 Å². The highest BCUT2D eigenvalue weighted by Gasteiger charge is 2.63. The van der Waals surface area contributed by atoms with Gasteiger partial charge in [-0.05, 0) is 26.0 Å². The minimum absolute atomic E-state index is 0.0301. The second kappa shape index (κ2) is 7.21. The molecule has 2 aromatic rings. The number of amides is 4. The molecule has 3 atom stereocenters. The van der Waals surface area contributed by atoms with Gasteiger partial charge >= 0.3 is 6.03 Å². The van der Waals surface area contributed by atoms with Gasteiger partial charge in [0.25, 0.3) is 0 Å². The number of nitrogens with one attached hydrogen (secondary N) is 2. The fourth-order valence-corrected chi connectivity index (χ4v) is 5.37. The first-order chi connectivity index (χ1) is 15.2. The minimum Gasteiger partial charge on any atom is -0.372 e. The van der Waals surface area contributed by atoms with Crippen LogP contribution in [0.4, 0.5) is 14.9 Å². The van der Waals surface area contributed by atoms with Crippen molar-refractivity contribution in [2.75, 3.05) is 11.4 Å². The lowest BCUT2D eigenvalue weighted by atomic mass is 9.67. The van der Waals surface area contributed by atoms with Gasteiger partial charge in [0.1, 0.15) is 10.7 Å². The number of pyridine rings is 2. The Bertz CT molecular complexity index is 1140. The topological polar surface area (TPSA) is 114 Å². The molecule has 5 heterocycles. The summed E-state index contributed by atoms with van der Waals surface area (Å²) in [5.74, 6) is -2.21. The number of morpholine rings is 1. The van der Waals surface area contributed by atoms with Crippen LogP contribution in [0.15, 0.2) is 24.5 Å². The molecule has 0 aliphatic carbocycles. The van der Waals surface area contributed by atoms with Crippen molar-refractivity contribution in [3.05, 3.63) is 41.1 Å². The fraction of sp³-hybridized carbons (Fsp3) is 0.381. The van der Waals surface area contributed by atoms with Crippen molar-refractivity contribution >= 4 is 35.1 Å². The van der Waals surface area contributed by atoms with Gasteiger partial charge in [-0.3, -0.25) is 25.2 Å². The number of ether oxygens (including phenoxy) is 1. The predicted molar refractivity (Wildman–Crippen MR) is 111 cm³/mol. The Balaban J connectivity index is 1.76. The number of fused-ring (bicyclic) bond motifs is 4. The Morgan fingerprint density at radius 3 is 2.62 bits per heavy atom. The maximum atomic E-state index is 15.4. The van der Waals surface area contributed by atoms with Crippen LogP contribution in [0.2, 0.25) is 5.02 Å². The van der Waals surface area contributed by atoms with E-state index in [0.29, 0.717) is 11.3 Å². The van der Waals surface area contributed by atoms with Gasteiger partial charge in [0.2, 0.25) is 11.8 Å². The van der Waals surface area contributed by atoms with Crippen LogP contribution in [0.25, 0.3) is 11.3 Å². The first kappa shape index (κ1) is 20.8. The van der Waals surface area contributed by atoms with Crippen molar-refractivity contribution in [2.45, 2.75) is 38.5 Å². The lowest BCUT2D eigenvalue weighted by Gasteiger charge is -2.55. The zero-order chi connectivity index (χ0) is 22.8. The monoisotopic (exact) mass is 459 g/mol. The zero-order valence-electron chi connectivity index (χ0n) is 17.2. The van der Waals surface area contributed by atoms with Gasteiger partial charge in [0, 0.05) is 30.9 Å². The lowest BCUT2D eigenvalue weighted by molar-refractivity contribution is -0.153. The van der Waals surface area contributed by atoms with Crippen LogP contribution in [-0.2, 0) is 20.7 Å². The summed E-state index contributed by atoms with van der Waals surface area (Å²) in [5.41, 5.74) is -0.722. The standard InChI is InChI=1S/C21H19ClFN5O4/c1-9-8-28-16-12(25-15(14(23)13(16)22)11-4-3-5-24-7-11)6-21(17(28)10(2)32-9)18(29)26-20(31)27-19(21)30/h3-5,7,9-10,17H,6,8H2,1-2H3,(H2,26,27,29,30,31)/t9-,10+,17+/m1/s1. The molecule has 32 heavy (non-hydrogen) atoms.